The Labute approximate surface area is 128 Å². The van der Waals surface area contributed by atoms with E-state index in [1.807, 2.05) is 43.5 Å². The van der Waals surface area contributed by atoms with Gasteiger partial charge in [0.05, 0.1) is 20.4 Å². The number of nitrogens with zero attached hydrogens (tertiary/aromatic N) is 3. The summed E-state index contributed by atoms with van der Waals surface area (Å²) < 4.78 is 17.8. The van der Waals surface area contributed by atoms with Crippen LogP contribution in [-0.2, 0) is 6.54 Å². The van der Waals surface area contributed by atoms with Gasteiger partial charge in [-0.05, 0) is 37.3 Å². The van der Waals surface area contributed by atoms with Crippen LogP contribution >= 0.6 is 0 Å². The average Bonchev–Trinajstić information content (AvgIpc) is 3.16. The highest BCUT2D eigenvalue weighted by Gasteiger charge is 2.10. The van der Waals surface area contributed by atoms with Crippen LogP contribution in [0.4, 0.5) is 0 Å². The molecule has 0 N–H and O–H groups in total. The lowest BCUT2D eigenvalue weighted by molar-refractivity contribution is 0.355. The molecular formula is C16H17N3O3. The molecule has 0 spiro atoms. The van der Waals surface area contributed by atoms with Gasteiger partial charge in [0.2, 0.25) is 0 Å². The Balaban J connectivity index is 1.84. The largest absolute Gasteiger partial charge is 0.493 e. The fourth-order valence-electron chi connectivity index (χ4n) is 2.23. The minimum absolute atomic E-state index is 0.550. The lowest BCUT2D eigenvalue weighted by Crippen LogP contribution is -1.98. The van der Waals surface area contributed by atoms with E-state index in [0.29, 0.717) is 18.0 Å². The molecular weight excluding hydrogens is 282 g/mol. The van der Waals surface area contributed by atoms with E-state index < -0.39 is 0 Å². The van der Waals surface area contributed by atoms with E-state index >= 15 is 0 Å². The smallest absolute Gasteiger partial charge is 0.161 e. The molecule has 3 rings (SSSR count). The quantitative estimate of drug-likeness (QED) is 0.725. The number of furan rings is 1. The first-order valence-corrected chi connectivity index (χ1v) is 6.87. The number of methoxy groups -OCH3 is 2. The summed E-state index contributed by atoms with van der Waals surface area (Å²) in [7, 11) is 3.22. The van der Waals surface area contributed by atoms with Crippen molar-refractivity contribution in [2.45, 2.75) is 13.5 Å². The van der Waals surface area contributed by atoms with Crippen molar-refractivity contribution >= 4 is 0 Å². The van der Waals surface area contributed by atoms with E-state index in [1.165, 1.54) is 0 Å². The van der Waals surface area contributed by atoms with Gasteiger partial charge in [0.1, 0.15) is 23.8 Å². The lowest BCUT2D eigenvalue weighted by atomic mass is 10.1. The summed E-state index contributed by atoms with van der Waals surface area (Å²) in [6.07, 6.45) is 1.87. The van der Waals surface area contributed by atoms with Gasteiger partial charge in [0, 0.05) is 5.56 Å². The van der Waals surface area contributed by atoms with Gasteiger partial charge < -0.3 is 13.9 Å². The Morgan fingerprint density at radius 2 is 1.91 bits per heavy atom. The van der Waals surface area contributed by atoms with E-state index in [1.54, 1.807) is 18.9 Å². The molecule has 0 radical (unpaired) electrons. The fraction of sp³-hybridized carbons (Fsp3) is 0.250. The number of rotatable bonds is 5. The molecule has 0 amide bonds. The number of aryl methyl sites for hydroxylation is 1. The van der Waals surface area contributed by atoms with E-state index in [9.17, 15) is 0 Å². The normalized spacial score (nSPS) is 10.7. The van der Waals surface area contributed by atoms with E-state index in [2.05, 4.69) is 10.3 Å². The van der Waals surface area contributed by atoms with Crippen molar-refractivity contribution in [2.75, 3.05) is 14.2 Å². The topological polar surface area (TPSA) is 62.3 Å². The number of hydrogen-bond acceptors (Lipinski definition) is 5. The maximum absolute atomic E-state index is 5.54. The Morgan fingerprint density at radius 1 is 1.09 bits per heavy atom. The van der Waals surface area contributed by atoms with Crippen LogP contribution in [0.25, 0.3) is 11.3 Å². The van der Waals surface area contributed by atoms with Crippen molar-refractivity contribution in [3.05, 3.63) is 48.0 Å². The first-order valence-electron chi connectivity index (χ1n) is 6.87. The molecule has 0 saturated heterocycles. The molecule has 6 heteroatoms. The highest BCUT2D eigenvalue weighted by Crippen LogP contribution is 2.31. The van der Waals surface area contributed by atoms with Crippen LogP contribution in [0.1, 0.15) is 11.5 Å². The third-order valence-corrected chi connectivity index (χ3v) is 3.33. The Kier molecular flexibility index (Phi) is 3.82. The first-order chi connectivity index (χ1) is 10.7. The summed E-state index contributed by atoms with van der Waals surface area (Å²) in [5.74, 6) is 3.08. The highest BCUT2D eigenvalue weighted by molar-refractivity contribution is 5.63. The molecule has 22 heavy (non-hydrogen) atoms. The van der Waals surface area contributed by atoms with Gasteiger partial charge >= 0.3 is 0 Å². The molecule has 114 valence electrons. The van der Waals surface area contributed by atoms with Gasteiger partial charge in [-0.15, -0.1) is 5.10 Å². The molecule has 0 aliphatic carbocycles. The molecule has 0 bridgehead atoms. The molecule has 0 aliphatic heterocycles. The van der Waals surface area contributed by atoms with Crippen LogP contribution in [0.15, 0.2) is 40.9 Å². The maximum Gasteiger partial charge on any atom is 0.161 e. The Hall–Kier alpha value is -2.76. The van der Waals surface area contributed by atoms with Gasteiger partial charge in [0.25, 0.3) is 0 Å². The summed E-state index contributed by atoms with van der Waals surface area (Å²) in [5, 5.41) is 8.33. The minimum Gasteiger partial charge on any atom is -0.493 e. The third-order valence-electron chi connectivity index (χ3n) is 3.33. The Morgan fingerprint density at radius 3 is 2.59 bits per heavy atom. The molecule has 0 saturated carbocycles. The zero-order valence-electron chi connectivity index (χ0n) is 12.7. The van der Waals surface area contributed by atoms with Crippen molar-refractivity contribution in [3.8, 4) is 22.8 Å². The van der Waals surface area contributed by atoms with Gasteiger partial charge in [0.15, 0.2) is 11.5 Å². The van der Waals surface area contributed by atoms with Crippen molar-refractivity contribution in [1.82, 2.24) is 15.0 Å². The SMILES string of the molecule is COc1ccc(-c2cn(Cc3ccc(C)o3)nn2)cc1OC. The number of aromatic nitrogens is 3. The second-order valence-corrected chi connectivity index (χ2v) is 4.88. The molecule has 0 fully saturated rings. The molecule has 0 atom stereocenters. The van der Waals surface area contributed by atoms with Crippen LogP contribution in [-0.4, -0.2) is 29.2 Å². The van der Waals surface area contributed by atoms with E-state index in [0.717, 1.165) is 22.8 Å². The second kappa shape index (κ2) is 5.93. The molecule has 2 heterocycles. The van der Waals surface area contributed by atoms with Gasteiger partial charge in [-0.2, -0.15) is 0 Å². The zero-order chi connectivity index (χ0) is 15.5. The molecule has 3 aromatic rings. The second-order valence-electron chi connectivity index (χ2n) is 4.88. The van der Waals surface area contributed by atoms with E-state index in [-0.39, 0.29) is 0 Å². The van der Waals surface area contributed by atoms with Gasteiger partial charge in [-0.3, -0.25) is 0 Å². The summed E-state index contributed by atoms with van der Waals surface area (Å²) in [6, 6.07) is 9.52. The molecule has 1 aromatic carbocycles. The van der Waals surface area contributed by atoms with Crippen molar-refractivity contribution in [2.24, 2.45) is 0 Å². The van der Waals surface area contributed by atoms with Crippen molar-refractivity contribution < 1.29 is 13.9 Å². The van der Waals surface area contributed by atoms with Crippen molar-refractivity contribution in [3.63, 3.8) is 0 Å². The van der Waals surface area contributed by atoms with Crippen molar-refractivity contribution in [1.29, 1.82) is 0 Å². The minimum atomic E-state index is 0.550. The van der Waals surface area contributed by atoms with Crippen LogP contribution in [0, 0.1) is 6.92 Å². The summed E-state index contributed by atoms with van der Waals surface area (Å²) >= 11 is 0. The van der Waals surface area contributed by atoms with Gasteiger partial charge in [-0.1, -0.05) is 5.21 Å². The number of hydrogen-bond donors (Lipinski definition) is 0. The molecule has 0 aliphatic rings. The Bertz CT molecular complexity index is 777. The summed E-state index contributed by atoms with van der Waals surface area (Å²) in [5.41, 5.74) is 1.68. The van der Waals surface area contributed by atoms with Crippen LogP contribution in [0.3, 0.4) is 0 Å². The van der Waals surface area contributed by atoms with Crippen LogP contribution < -0.4 is 9.47 Å². The molecule has 6 nitrogen and oxygen atoms in total. The standard InChI is InChI=1S/C16H17N3O3/c1-11-4-6-13(22-11)9-19-10-14(17-18-19)12-5-7-15(20-2)16(8-12)21-3/h4-8,10H,9H2,1-3H3. The summed E-state index contributed by atoms with van der Waals surface area (Å²) in [6.45, 7) is 2.47. The fourth-order valence-corrected chi connectivity index (χ4v) is 2.23. The number of benzene rings is 1. The number of ether oxygens (including phenoxy) is 2. The van der Waals surface area contributed by atoms with E-state index in [4.69, 9.17) is 13.9 Å². The predicted molar refractivity (Wildman–Crippen MR) is 81.1 cm³/mol. The zero-order valence-corrected chi connectivity index (χ0v) is 12.7. The first kappa shape index (κ1) is 14.2. The van der Waals surface area contributed by atoms with Crippen LogP contribution in [0.2, 0.25) is 0 Å². The lowest BCUT2D eigenvalue weighted by Gasteiger charge is -2.07. The van der Waals surface area contributed by atoms with Gasteiger partial charge in [-0.25, -0.2) is 4.68 Å². The highest BCUT2D eigenvalue weighted by atomic mass is 16.5. The molecule has 2 aromatic heterocycles. The maximum atomic E-state index is 5.54. The monoisotopic (exact) mass is 299 g/mol. The molecule has 0 unspecified atom stereocenters. The summed E-state index contributed by atoms with van der Waals surface area (Å²) in [4.78, 5) is 0. The predicted octanol–water partition coefficient (Wildman–Crippen LogP) is 2.91. The third kappa shape index (κ3) is 2.81. The average molecular weight is 299 g/mol. The van der Waals surface area contributed by atoms with Crippen LogP contribution in [0.5, 0.6) is 11.5 Å².